The topological polar surface area (TPSA) is 149 Å². The number of nitrogens with zero attached hydrogens (tertiary/aromatic N) is 3. The van der Waals surface area contributed by atoms with Crippen molar-refractivity contribution in [2.75, 3.05) is 5.32 Å². The molecule has 2 heterocycles. The highest BCUT2D eigenvalue weighted by molar-refractivity contribution is 5.90. The second-order valence-electron chi connectivity index (χ2n) is 7.46. The molecule has 1 aliphatic rings. The van der Waals surface area contributed by atoms with Crippen molar-refractivity contribution >= 4 is 17.6 Å². The summed E-state index contributed by atoms with van der Waals surface area (Å²) in [6.45, 7) is 1.43. The summed E-state index contributed by atoms with van der Waals surface area (Å²) in [5.74, 6) is 0.947. The van der Waals surface area contributed by atoms with Gasteiger partial charge in [0, 0.05) is 30.7 Å². The molecule has 9 heteroatoms. The molecule has 2 amide bonds. The lowest BCUT2D eigenvalue weighted by Gasteiger charge is -2.21. The predicted octanol–water partition coefficient (Wildman–Crippen LogP) is 2.40. The van der Waals surface area contributed by atoms with Gasteiger partial charge in [0.15, 0.2) is 5.82 Å². The zero-order chi connectivity index (χ0) is 23.2. The second kappa shape index (κ2) is 13.5. The maximum atomic E-state index is 11.6. The van der Waals surface area contributed by atoms with Crippen LogP contribution in [0.4, 0.5) is 5.82 Å². The minimum absolute atomic E-state index is 0.154. The third-order valence-electron chi connectivity index (χ3n) is 4.76. The molecule has 0 unspecified atom stereocenters. The molecule has 9 nitrogen and oxygen atoms in total. The first-order chi connectivity index (χ1) is 15.4. The molecule has 170 valence electrons. The number of hydrogen-bond acceptors (Lipinski definition) is 7. The smallest absolute Gasteiger partial charge is 0.231 e. The average molecular weight is 438 g/mol. The first-order valence-electron chi connectivity index (χ1n) is 10.6. The van der Waals surface area contributed by atoms with Gasteiger partial charge in [-0.15, -0.1) is 5.10 Å². The van der Waals surface area contributed by atoms with Crippen LogP contribution in [0.1, 0.15) is 44.7 Å². The molecule has 0 spiro atoms. The van der Waals surface area contributed by atoms with Gasteiger partial charge in [-0.2, -0.15) is 5.10 Å². The molecule has 1 saturated carbocycles. The fraction of sp³-hybridized carbons (Fsp3) is 0.348. The maximum Gasteiger partial charge on any atom is 0.231 e. The van der Waals surface area contributed by atoms with E-state index in [0.717, 1.165) is 24.2 Å². The lowest BCUT2D eigenvalue weighted by molar-refractivity contribution is -0.118. The number of hydrogen-bond donors (Lipinski definition) is 4. The number of carbonyl (C=O) groups is 2. The molecule has 1 aliphatic carbocycles. The van der Waals surface area contributed by atoms with Crippen LogP contribution < -0.4 is 22.1 Å². The van der Waals surface area contributed by atoms with E-state index in [1.165, 1.54) is 26.2 Å². The van der Waals surface area contributed by atoms with E-state index in [1.54, 1.807) is 42.7 Å². The van der Waals surface area contributed by atoms with Crippen LogP contribution in [0.5, 0.6) is 0 Å². The van der Waals surface area contributed by atoms with Gasteiger partial charge in [-0.1, -0.05) is 25.3 Å². The Morgan fingerprint density at radius 2 is 1.84 bits per heavy atom. The summed E-state index contributed by atoms with van der Waals surface area (Å²) >= 11 is 0. The van der Waals surface area contributed by atoms with Crippen LogP contribution in [0.2, 0.25) is 0 Å². The van der Waals surface area contributed by atoms with Crippen LogP contribution in [0.15, 0.2) is 66.4 Å². The van der Waals surface area contributed by atoms with Gasteiger partial charge >= 0.3 is 0 Å². The Balaban J connectivity index is 0.000000227. The average Bonchev–Trinajstić information content (AvgIpc) is 2.79. The number of rotatable bonds is 6. The number of aromatic nitrogens is 3. The Labute approximate surface area is 188 Å². The largest absolute Gasteiger partial charge is 0.402 e. The minimum Gasteiger partial charge on any atom is -0.402 e. The van der Waals surface area contributed by atoms with E-state index in [1.807, 2.05) is 12.1 Å². The number of nitrogens with one attached hydrogen (secondary N) is 2. The lowest BCUT2D eigenvalue weighted by atomic mass is 9.87. The SMILES string of the molecule is CC(=O)N/C(N)=C/C=C(\N)C1CCCCC1.O=C(Cc1ccccn1)Nc1cccnn1. The third-order valence-corrected chi connectivity index (χ3v) is 4.76. The quantitative estimate of drug-likeness (QED) is 0.507. The van der Waals surface area contributed by atoms with Crippen molar-refractivity contribution in [3.63, 3.8) is 0 Å². The molecule has 6 N–H and O–H groups in total. The van der Waals surface area contributed by atoms with Crippen LogP contribution in [0, 0.1) is 5.92 Å². The number of allylic oxidation sites excluding steroid dienone is 3. The molecule has 2 aromatic heterocycles. The van der Waals surface area contributed by atoms with Crippen molar-refractivity contribution in [2.24, 2.45) is 17.4 Å². The van der Waals surface area contributed by atoms with Crippen molar-refractivity contribution < 1.29 is 9.59 Å². The minimum atomic E-state index is -0.168. The van der Waals surface area contributed by atoms with E-state index < -0.39 is 0 Å². The standard InChI is InChI=1S/C12H21N3O.C11H10N4O/c1-9(16)15-12(14)8-7-11(13)10-5-3-2-4-6-10;16-11(8-9-4-1-2-6-12-9)14-10-5-3-7-13-15-10/h7-8,10H,2-6,13-14H2,1H3,(H,15,16);1-7H,8H2,(H,14,15,16)/b11-7-,12-8+;. The number of pyridine rings is 1. The zero-order valence-electron chi connectivity index (χ0n) is 18.3. The second-order valence-corrected chi connectivity index (χ2v) is 7.46. The molecular weight excluding hydrogens is 406 g/mol. The van der Waals surface area contributed by atoms with Gasteiger partial charge in [0.05, 0.1) is 6.42 Å². The summed E-state index contributed by atoms with van der Waals surface area (Å²) in [4.78, 5) is 26.3. The summed E-state index contributed by atoms with van der Waals surface area (Å²) in [6, 6.07) is 8.85. The van der Waals surface area contributed by atoms with Crippen LogP contribution in [-0.4, -0.2) is 27.0 Å². The van der Waals surface area contributed by atoms with Gasteiger partial charge in [-0.05, 0) is 55.2 Å². The molecule has 1 fully saturated rings. The molecular formula is C23H31N7O2. The fourth-order valence-corrected chi connectivity index (χ4v) is 3.23. The molecule has 2 aromatic rings. The molecule has 3 rings (SSSR count). The van der Waals surface area contributed by atoms with E-state index in [4.69, 9.17) is 11.5 Å². The van der Waals surface area contributed by atoms with Gasteiger partial charge in [0.25, 0.3) is 0 Å². The zero-order valence-corrected chi connectivity index (χ0v) is 18.3. The van der Waals surface area contributed by atoms with Crippen molar-refractivity contribution in [1.29, 1.82) is 0 Å². The van der Waals surface area contributed by atoms with Gasteiger partial charge in [0.1, 0.15) is 5.82 Å². The summed E-state index contributed by atoms with van der Waals surface area (Å²) in [5.41, 5.74) is 13.2. The summed E-state index contributed by atoms with van der Waals surface area (Å²) in [7, 11) is 0. The number of anilines is 1. The first kappa shape index (κ1) is 24.5. The van der Waals surface area contributed by atoms with Crippen LogP contribution in [0.3, 0.4) is 0 Å². The van der Waals surface area contributed by atoms with Gasteiger partial charge in [-0.3, -0.25) is 14.6 Å². The highest BCUT2D eigenvalue weighted by Crippen LogP contribution is 2.27. The normalized spacial score (nSPS) is 14.7. The van der Waals surface area contributed by atoms with E-state index in [9.17, 15) is 9.59 Å². The molecule has 0 aromatic carbocycles. The Hall–Kier alpha value is -3.75. The van der Waals surface area contributed by atoms with Gasteiger partial charge in [0.2, 0.25) is 11.8 Å². The molecule has 0 bridgehead atoms. The Bertz CT molecular complexity index is 865. The van der Waals surface area contributed by atoms with E-state index in [2.05, 4.69) is 25.8 Å². The maximum absolute atomic E-state index is 11.6. The first-order valence-corrected chi connectivity index (χ1v) is 10.6. The van der Waals surface area contributed by atoms with E-state index >= 15 is 0 Å². The molecule has 0 radical (unpaired) electrons. The van der Waals surface area contributed by atoms with E-state index in [0.29, 0.717) is 17.6 Å². The Kier molecular flexibility index (Phi) is 10.4. The predicted molar refractivity (Wildman–Crippen MR) is 124 cm³/mol. The van der Waals surface area contributed by atoms with E-state index in [-0.39, 0.29) is 18.2 Å². The molecule has 32 heavy (non-hydrogen) atoms. The fourth-order valence-electron chi connectivity index (χ4n) is 3.23. The Morgan fingerprint density at radius 3 is 2.47 bits per heavy atom. The van der Waals surface area contributed by atoms with Crippen molar-refractivity contribution in [1.82, 2.24) is 20.5 Å². The van der Waals surface area contributed by atoms with Gasteiger partial charge in [-0.25, -0.2) is 0 Å². The monoisotopic (exact) mass is 437 g/mol. The van der Waals surface area contributed by atoms with Crippen molar-refractivity contribution in [3.8, 4) is 0 Å². The molecule has 0 aliphatic heterocycles. The summed E-state index contributed by atoms with van der Waals surface area (Å²) in [5, 5.41) is 12.6. The summed E-state index contributed by atoms with van der Waals surface area (Å²) < 4.78 is 0. The highest BCUT2D eigenvalue weighted by atomic mass is 16.2. The summed E-state index contributed by atoms with van der Waals surface area (Å²) in [6.07, 6.45) is 13.1. The number of carbonyl (C=O) groups excluding carboxylic acids is 2. The van der Waals surface area contributed by atoms with Crippen molar-refractivity contribution in [2.45, 2.75) is 45.4 Å². The molecule has 0 saturated heterocycles. The lowest BCUT2D eigenvalue weighted by Crippen LogP contribution is -2.24. The third kappa shape index (κ3) is 9.84. The Morgan fingerprint density at radius 1 is 1.06 bits per heavy atom. The number of nitrogens with two attached hydrogens (primary N) is 2. The highest BCUT2D eigenvalue weighted by Gasteiger charge is 2.14. The van der Waals surface area contributed by atoms with Crippen LogP contribution >= 0.6 is 0 Å². The molecule has 0 atom stereocenters. The number of amides is 2. The van der Waals surface area contributed by atoms with Gasteiger partial charge < -0.3 is 22.1 Å². The van der Waals surface area contributed by atoms with Crippen LogP contribution in [0.25, 0.3) is 0 Å². The van der Waals surface area contributed by atoms with Crippen LogP contribution in [-0.2, 0) is 16.0 Å². The van der Waals surface area contributed by atoms with Crippen molar-refractivity contribution in [3.05, 3.63) is 72.1 Å².